The van der Waals surface area contributed by atoms with Gasteiger partial charge in [0.2, 0.25) is 0 Å². The molecule has 1 aromatic heterocycles. The van der Waals surface area contributed by atoms with Crippen LogP contribution < -0.4 is 21.5 Å². The lowest BCUT2D eigenvalue weighted by Gasteiger charge is -2.12. The third kappa shape index (κ3) is 3.63. The molecule has 0 saturated carbocycles. The molecular formula is C19H19FN4O. The van der Waals surface area contributed by atoms with E-state index < -0.39 is 0 Å². The van der Waals surface area contributed by atoms with Crippen LogP contribution >= 0.6 is 0 Å². The number of H-pyrrole nitrogens is 1. The first-order valence-electron chi connectivity index (χ1n) is 7.76. The Morgan fingerprint density at radius 3 is 2.56 bits per heavy atom. The van der Waals surface area contributed by atoms with E-state index in [4.69, 9.17) is 5.73 Å². The number of halogens is 1. The van der Waals surface area contributed by atoms with Crippen LogP contribution in [0, 0.1) is 5.82 Å². The van der Waals surface area contributed by atoms with E-state index in [0.717, 1.165) is 11.4 Å². The van der Waals surface area contributed by atoms with Crippen molar-refractivity contribution in [3.05, 3.63) is 76.5 Å². The molecule has 1 heterocycles. The van der Waals surface area contributed by atoms with Gasteiger partial charge in [-0.3, -0.25) is 4.79 Å². The smallest absolute Gasteiger partial charge is 0.257 e. The highest BCUT2D eigenvalue weighted by molar-refractivity contribution is 5.82. The number of anilines is 2. The highest BCUT2D eigenvalue weighted by atomic mass is 19.1. The average Bonchev–Trinajstić information content (AvgIpc) is 2.59. The summed E-state index contributed by atoms with van der Waals surface area (Å²) in [6, 6.07) is 13.5. The molecule has 0 unspecified atom stereocenters. The number of benzene rings is 2. The van der Waals surface area contributed by atoms with Gasteiger partial charge in [-0.25, -0.2) is 4.39 Å². The van der Waals surface area contributed by atoms with Gasteiger partial charge in [0.1, 0.15) is 5.82 Å². The molecule has 0 aliphatic carbocycles. The summed E-state index contributed by atoms with van der Waals surface area (Å²) in [7, 11) is 3.93. The normalized spacial score (nSPS) is 11.6. The Hall–Kier alpha value is -3.28. The summed E-state index contributed by atoms with van der Waals surface area (Å²) in [5.74, 6) is -0.368. The summed E-state index contributed by atoms with van der Waals surface area (Å²) in [6.45, 7) is 0. The summed E-state index contributed by atoms with van der Waals surface area (Å²) in [4.78, 5) is 16.9. The average molecular weight is 338 g/mol. The van der Waals surface area contributed by atoms with Crippen LogP contribution in [0.25, 0.3) is 16.6 Å². The number of fused-ring (bicyclic) bond motifs is 1. The van der Waals surface area contributed by atoms with Crippen molar-refractivity contribution in [2.75, 3.05) is 24.3 Å². The monoisotopic (exact) mass is 338 g/mol. The largest absolute Gasteiger partial charge is 0.397 e. The predicted molar refractivity (Wildman–Crippen MR) is 101 cm³/mol. The van der Waals surface area contributed by atoms with Gasteiger partial charge in [-0.2, -0.15) is 0 Å². The van der Waals surface area contributed by atoms with E-state index in [2.05, 4.69) is 10.3 Å². The third-order valence-corrected chi connectivity index (χ3v) is 3.90. The van der Waals surface area contributed by atoms with Crippen LogP contribution in [0.1, 0.15) is 5.56 Å². The molecule has 5 nitrogen and oxygen atoms in total. The Bertz CT molecular complexity index is 990. The molecule has 2 aromatic carbocycles. The number of hydrogen-bond acceptors (Lipinski definition) is 4. The van der Waals surface area contributed by atoms with Crippen LogP contribution in [0.5, 0.6) is 0 Å². The Morgan fingerprint density at radius 2 is 1.88 bits per heavy atom. The number of rotatable bonds is 4. The first kappa shape index (κ1) is 16.6. The minimum atomic E-state index is -0.368. The standard InChI is InChI=1S/C19H19FN4O/c1-24(2)15-6-4-14(5-7-15)22-11-17(21)16-10-12-9-13(20)3-8-18(12)23-19(16)25/h3-11,22H,21H2,1-2H3,(H,23,25)/b17-11-. The van der Waals surface area contributed by atoms with Crippen molar-refractivity contribution >= 4 is 28.0 Å². The van der Waals surface area contributed by atoms with Crippen molar-refractivity contribution in [3.63, 3.8) is 0 Å². The van der Waals surface area contributed by atoms with Crippen LogP contribution in [-0.2, 0) is 0 Å². The summed E-state index contributed by atoms with van der Waals surface area (Å²) < 4.78 is 13.4. The molecule has 0 fully saturated rings. The summed E-state index contributed by atoms with van der Waals surface area (Å²) in [5, 5.41) is 3.65. The first-order valence-corrected chi connectivity index (χ1v) is 7.76. The maximum atomic E-state index is 13.4. The van der Waals surface area contributed by atoms with Gasteiger partial charge in [0.05, 0.1) is 11.3 Å². The SMILES string of the molecule is CN(C)c1ccc(N/C=C(\N)c2cc3cc(F)ccc3[nH]c2=O)cc1. The molecule has 0 aliphatic rings. The third-order valence-electron chi connectivity index (χ3n) is 3.90. The molecule has 0 atom stereocenters. The topological polar surface area (TPSA) is 74.2 Å². The maximum Gasteiger partial charge on any atom is 0.257 e. The zero-order valence-corrected chi connectivity index (χ0v) is 14.0. The fourth-order valence-electron chi connectivity index (χ4n) is 2.49. The van der Waals surface area contributed by atoms with E-state index >= 15 is 0 Å². The van der Waals surface area contributed by atoms with Gasteiger partial charge in [-0.05, 0) is 48.5 Å². The van der Waals surface area contributed by atoms with Crippen LogP contribution in [0.3, 0.4) is 0 Å². The van der Waals surface area contributed by atoms with Gasteiger partial charge in [-0.1, -0.05) is 0 Å². The molecule has 128 valence electrons. The molecule has 6 heteroatoms. The van der Waals surface area contributed by atoms with Crippen molar-refractivity contribution in [2.24, 2.45) is 5.73 Å². The van der Waals surface area contributed by atoms with Gasteiger partial charge in [0.25, 0.3) is 5.56 Å². The van der Waals surface area contributed by atoms with Crippen molar-refractivity contribution in [1.29, 1.82) is 0 Å². The highest BCUT2D eigenvalue weighted by Gasteiger charge is 2.06. The fourth-order valence-corrected chi connectivity index (χ4v) is 2.49. The van der Waals surface area contributed by atoms with Crippen molar-refractivity contribution in [1.82, 2.24) is 4.98 Å². The number of aromatic nitrogens is 1. The summed E-state index contributed by atoms with van der Waals surface area (Å²) in [5.41, 5.74) is 8.75. The number of pyridine rings is 1. The van der Waals surface area contributed by atoms with E-state index in [1.165, 1.54) is 18.2 Å². The molecule has 0 saturated heterocycles. The number of nitrogens with one attached hydrogen (secondary N) is 2. The lowest BCUT2D eigenvalue weighted by atomic mass is 10.1. The molecule has 0 radical (unpaired) electrons. The second-order valence-electron chi connectivity index (χ2n) is 5.93. The Balaban J connectivity index is 1.87. The van der Waals surface area contributed by atoms with E-state index in [-0.39, 0.29) is 22.6 Å². The number of nitrogens with two attached hydrogens (primary N) is 1. The van der Waals surface area contributed by atoms with Gasteiger partial charge >= 0.3 is 0 Å². The van der Waals surface area contributed by atoms with Gasteiger partial charge < -0.3 is 20.9 Å². The van der Waals surface area contributed by atoms with Crippen LogP contribution in [0.15, 0.2) is 59.5 Å². The van der Waals surface area contributed by atoms with Gasteiger partial charge in [-0.15, -0.1) is 0 Å². The molecule has 4 N–H and O–H groups in total. The zero-order valence-electron chi connectivity index (χ0n) is 14.0. The second-order valence-corrected chi connectivity index (χ2v) is 5.93. The minimum Gasteiger partial charge on any atom is -0.397 e. The fraction of sp³-hybridized carbons (Fsp3) is 0.105. The maximum absolute atomic E-state index is 13.4. The minimum absolute atomic E-state index is 0.268. The Kier molecular flexibility index (Phi) is 4.43. The molecule has 25 heavy (non-hydrogen) atoms. The number of hydrogen-bond donors (Lipinski definition) is 3. The molecule has 3 rings (SSSR count). The van der Waals surface area contributed by atoms with Crippen molar-refractivity contribution in [2.45, 2.75) is 0 Å². The molecule has 0 bridgehead atoms. The van der Waals surface area contributed by atoms with Crippen molar-refractivity contribution in [3.8, 4) is 0 Å². The summed E-state index contributed by atoms with van der Waals surface area (Å²) >= 11 is 0. The number of aromatic amines is 1. The van der Waals surface area contributed by atoms with E-state index in [9.17, 15) is 9.18 Å². The van der Waals surface area contributed by atoms with E-state index in [1.54, 1.807) is 12.3 Å². The molecular weight excluding hydrogens is 319 g/mol. The van der Waals surface area contributed by atoms with Gasteiger partial charge in [0, 0.05) is 42.6 Å². The summed E-state index contributed by atoms with van der Waals surface area (Å²) in [6.07, 6.45) is 1.56. The lowest BCUT2D eigenvalue weighted by molar-refractivity contribution is 0.629. The lowest BCUT2D eigenvalue weighted by Crippen LogP contribution is -2.15. The second kappa shape index (κ2) is 6.68. The Morgan fingerprint density at radius 1 is 1.16 bits per heavy atom. The van der Waals surface area contributed by atoms with Crippen LogP contribution in [0.4, 0.5) is 15.8 Å². The van der Waals surface area contributed by atoms with Crippen LogP contribution in [0.2, 0.25) is 0 Å². The molecule has 3 aromatic rings. The zero-order chi connectivity index (χ0) is 18.0. The van der Waals surface area contributed by atoms with Crippen molar-refractivity contribution < 1.29 is 4.39 Å². The predicted octanol–water partition coefficient (Wildman–Crippen LogP) is 3.10. The van der Waals surface area contributed by atoms with E-state index in [1.807, 2.05) is 43.3 Å². The first-order chi connectivity index (χ1) is 11.9. The highest BCUT2D eigenvalue weighted by Crippen LogP contribution is 2.17. The molecule has 0 amide bonds. The number of nitrogens with zero attached hydrogens (tertiary/aromatic N) is 1. The van der Waals surface area contributed by atoms with Gasteiger partial charge in [0.15, 0.2) is 0 Å². The van der Waals surface area contributed by atoms with E-state index in [0.29, 0.717) is 10.9 Å². The Labute approximate surface area is 144 Å². The molecule has 0 aliphatic heterocycles. The van der Waals surface area contributed by atoms with Crippen LogP contribution in [-0.4, -0.2) is 19.1 Å². The molecule has 0 spiro atoms. The quantitative estimate of drug-likeness (QED) is 0.683.